The molecule has 1 amide bonds. The summed E-state index contributed by atoms with van der Waals surface area (Å²) in [5, 5.41) is 4.46. The highest BCUT2D eigenvalue weighted by Gasteiger charge is 2.11. The third-order valence-corrected chi connectivity index (χ3v) is 4.55. The van der Waals surface area contributed by atoms with Crippen LogP contribution in [0, 0.1) is 13.8 Å². The molecule has 158 valence electrons. The number of ether oxygens (including phenoxy) is 2. The number of para-hydroxylation sites is 1. The number of carbonyl (C=O) groups is 2. The van der Waals surface area contributed by atoms with Gasteiger partial charge in [-0.2, -0.15) is 5.10 Å². The molecule has 0 heterocycles. The number of nitrogens with one attached hydrogen (secondary N) is 1. The lowest BCUT2D eigenvalue weighted by molar-refractivity contribution is -0.123. The Morgan fingerprint density at radius 3 is 2.52 bits per heavy atom. The fraction of sp³-hybridized carbons (Fsp3) is 0.125. The molecule has 6 nitrogen and oxygen atoms in total. The van der Waals surface area contributed by atoms with Gasteiger partial charge in [-0.05, 0) is 67.4 Å². The molecule has 31 heavy (non-hydrogen) atoms. The van der Waals surface area contributed by atoms with Gasteiger partial charge in [0.05, 0.1) is 11.8 Å². The van der Waals surface area contributed by atoms with Crippen molar-refractivity contribution in [3.05, 3.63) is 94.0 Å². The molecular formula is C24H21ClN2O4. The maximum atomic E-state index is 12.3. The number of halogens is 1. The van der Waals surface area contributed by atoms with Gasteiger partial charge in [0.15, 0.2) is 6.61 Å². The number of nitrogens with zero attached hydrogens (tertiary/aromatic N) is 1. The molecule has 0 aliphatic rings. The zero-order valence-corrected chi connectivity index (χ0v) is 17.8. The maximum Gasteiger partial charge on any atom is 0.343 e. The van der Waals surface area contributed by atoms with Crippen LogP contribution in [0.2, 0.25) is 5.02 Å². The monoisotopic (exact) mass is 436 g/mol. The number of hydrogen-bond acceptors (Lipinski definition) is 5. The van der Waals surface area contributed by atoms with Crippen LogP contribution in [0.15, 0.2) is 71.8 Å². The van der Waals surface area contributed by atoms with Crippen molar-refractivity contribution in [2.75, 3.05) is 6.61 Å². The highest BCUT2D eigenvalue weighted by Crippen LogP contribution is 2.20. The molecule has 0 unspecified atom stereocenters. The molecule has 0 aliphatic heterocycles. The molecule has 3 rings (SSSR count). The molecule has 0 radical (unpaired) electrons. The SMILES string of the molecule is Cc1ccc(C)c(OCC(=O)NN=Cc2ccccc2OC(=O)c2ccc(Cl)cc2)c1. The van der Waals surface area contributed by atoms with Gasteiger partial charge in [-0.1, -0.05) is 35.9 Å². The van der Waals surface area contributed by atoms with Crippen molar-refractivity contribution in [3.8, 4) is 11.5 Å². The molecule has 1 N–H and O–H groups in total. The van der Waals surface area contributed by atoms with Gasteiger partial charge in [0.25, 0.3) is 5.91 Å². The standard InChI is InChI=1S/C24H21ClN2O4/c1-16-7-8-17(2)22(13-16)30-15-23(28)27-26-14-19-5-3-4-6-21(19)31-24(29)18-9-11-20(25)12-10-18/h3-14H,15H2,1-2H3,(H,27,28). The van der Waals surface area contributed by atoms with E-state index >= 15 is 0 Å². The summed E-state index contributed by atoms with van der Waals surface area (Å²) in [5.74, 6) is 0.0296. The molecule has 0 spiro atoms. The van der Waals surface area contributed by atoms with Gasteiger partial charge in [-0.3, -0.25) is 4.79 Å². The Morgan fingerprint density at radius 1 is 1.00 bits per heavy atom. The molecule has 0 fully saturated rings. The summed E-state index contributed by atoms with van der Waals surface area (Å²) < 4.78 is 11.0. The maximum absolute atomic E-state index is 12.3. The summed E-state index contributed by atoms with van der Waals surface area (Å²) in [5.41, 5.74) is 5.29. The van der Waals surface area contributed by atoms with Crippen molar-refractivity contribution in [1.82, 2.24) is 5.43 Å². The molecule has 0 aromatic heterocycles. The summed E-state index contributed by atoms with van der Waals surface area (Å²) in [6.45, 7) is 3.69. The summed E-state index contributed by atoms with van der Waals surface area (Å²) in [6, 6.07) is 19.0. The van der Waals surface area contributed by atoms with Crippen LogP contribution >= 0.6 is 11.6 Å². The van der Waals surface area contributed by atoms with E-state index in [1.54, 1.807) is 48.5 Å². The van der Waals surface area contributed by atoms with E-state index in [9.17, 15) is 9.59 Å². The fourth-order valence-corrected chi connectivity index (χ4v) is 2.76. The van der Waals surface area contributed by atoms with Crippen LogP contribution in [0.1, 0.15) is 27.0 Å². The van der Waals surface area contributed by atoms with Crippen LogP contribution < -0.4 is 14.9 Å². The molecular weight excluding hydrogens is 416 g/mol. The first-order chi connectivity index (χ1) is 14.9. The number of amides is 1. The number of carbonyl (C=O) groups excluding carboxylic acids is 2. The normalized spacial score (nSPS) is 10.7. The second-order valence-corrected chi connectivity index (χ2v) is 7.22. The van der Waals surface area contributed by atoms with Gasteiger partial charge in [0.1, 0.15) is 11.5 Å². The number of rotatable bonds is 7. The van der Waals surface area contributed by atoms with Gasteiger partial charge in [-0.25, -0.2) is 10.2 Å². The van der Waals surface area contributed by atoms with E-state index in [-0.39, 0.29) is 6.61 Å². The van der Waals surface area contributed by atoms with Gasteiger partial charge in [0.2, 0.25) is 0 Å². The van der Waals surface area contributed by atoms with Gasteiger partial charge >= 0.3 is 5.97 Å². The van der Waals surface area contributed by atoms with Crippen LogP contribution in [0.25, 0.3) is 0 Å². The molecule has 0 saturated carbocycles. The summed E-state index contributed by atoms with van der Waals surface area (Å²) >= 11 is 5.84. The smallest absolute Gasteiger partial charge is 0.343 e. The van der Waals surface area contributed by atoms with Crippen LogP contribution in [0.4, 0.5) is 0 Å². The van der Waals surface area contributed by atoms with Crippen LogP contribution in [0.5, 0.6) is 11.5 Å². The van der Waals surface area contributed by atoms with Crippen molar-refractivity contribution >= 4 is 29.7 Å². The zero-order chi connectivity index (χ0) is 22.2. The van der Waals surface area contributed by atoms with Crippen LogP contribution in [0.3, 0.4) is 0 Å². The van der Waals surface area contributed by atoms with Gasteiger partial charge in [-0.15, -0.1) is 0 Å². The fourth-order valence-electron chi connectivity index (χ4n) is 2.64. The predicted molar refractivity (Wildman–Crippen MR) is 120 cm³/mol. The summed E-state index contributed by atoms with van der Waals surface area (Å²) in [4.78, 5) is 24.4. The van der Waals surface area contributed by atoms with E-state index in [0.29, 0.717) is 27.6 Å². The number of esters is 1. The summed E-state index contributed by atoms with van der Waals surface area (Å²) in [7, 11) is 0. The first-order valence-corrected chi connectivity index (χ1v) is 9.89. The van der Waals surface area contributed by atoms with Crippen molar-refractivity contribution < 1.29 is 19.1 Å². The number of benzene rings is 3. The Kier molecular flexibility index (Phi) is 7.40. The van der Waals surface area contributed by atoms with E-state index in [4.69, 9.17) is 21.1 Å². The first-order valence-electron chi connectivity index (χ1n) is 9.51. The largest absolute Gasteiger partial charge is 0.483 e. The van der Waals surface area contributed by atoms with E-state index in [0.717, 1.165) is 11.1 Å². The van der Waals surface area contributed by atoms with Crippen molar-refractivity contribution in [3.63, 3.8) is 0 Å². The molecule has 0 saturated heterocycles. The van der Waals surface area contributed by atoms with Gasteiger partial charge in [0, 0.05) is 10.6 Å². The van der Waals surface area contributed by atoms with E-state index in [1.165, 1.54) is 6.21 Å². The minimum absolute atomic E-state index is 0.172. The third kappa shape index (κ3) is 6.42. The minimum atomic E-state index is -0.525. The zero-order valence-electron chi connectivity index (χ0n) is 17.1. The lowest BCUT2D eigenvalue weighted by atomic mass is 10.1. The quantitative estimate of drug-likeness (QED) is 0.252. The second kappa shape index (κ2) is 10.4. The highest BCUT2D eigenvalue weighted by molar-refractivity contribution is 6.30. The molecule has 0 aliphatic carbocycles. The van der Waals surface area contributed by atoms with Crippen molar-refractivity contribution in [2.24, 2.45) is 5.10 Å². The Hall–Kier alpha value is -3.64. The van der Waals surface area contributed by atoms with E-state index in [1.807, 2.05) is 32.0 Å². The average Bonchev–Trinajstić information content (AvgIpc) is 2.76. The average molecular weight is 437 g/mol. The Bertz CT molecular complexity index is 1110. The Morgan fingerprint density at radius 2 is 1.74 bits per heavy atom. The number of aryl methyl sites for hydroxylation is 2. The second-order valence-electron chi connectivity index (χ2n) is 6.79. The Labute approximate surface area is 185 Å². The number of hydrazone groups is 1. The van der Waals surface area contributed by atoms with Crippen LogP contribution in [-0.4, -0.2) is 24.7 Å². The molecule has 3 aromatic rings. The van der Waals surface area contributed by atoms with E-state index in [2.05, 4.69) is 10.5 Å². The summed E-state index contributed by atoms with van der Waals surface area (Å²) in [6.07, 6.45) is 1.40. The van der Waals surface area contributed by atoms with Crippen molar-refractivity contribution in [2.45, 2.75) is 13.8 Å². The molecule has 7 heteroatoms. The third-order valence-electron chi connectivity index (χ3n) is 4.30. The first kappa shape index (κ1) is 22.1. The van der Waals surface area contributed by atoms with E-state index < -0.39 is 11.9 Å². The van der Waals surface area contributed by atoms with Crippen molar-refractivity contribution in [1.29, 1.82) is 0 Å². The Balaban J connectivity index is 1.58. The number of hydrogen-bond donors (Lipinski definition) is 1. The molecule has 3 aromatic carbocycles. The lowest BCUT2D eigenvalue weighted by Gasteiger charge is -2.09. The molecule has 0 bridgehead atoms. The minimum Gasteiger partial charge on any atom is -0.483 e. The lowest BCUT2D eigenvalue weighted by Crippen LogP contribution is -2.24. The molecule has 0 atom stereocenters. The van der Waals surface area contributed by atoms with Gasteiger partial charge < -0.3 is 9.47 Å². The highest BCUT2D eigenvalue weighted by atomic mass is 35.5. The predicted octanol–water partition coefficient (Wildman–Crippen LogP) is 4.71. The van der Waals surface area contributed by atoms with Crippen LogP contribution in [-0.2, 0) is 4.79 Å². The topological polar surface area (TPSA) is 77.0 Å².